The van der Waals surface area contributed by atoms with Crippen molar-refractivity contribution >= 4 is 5.91 Å². The molecule has 0 saturated carbocycles. The average Bonchev–Trinajstić information content (AvgIpc) is 2.46. The predicted molar refractivity (Wildman–Crippen MR) is 85.8 cm³/mol. The Hall–Kier alpha value is -1.57. The minimum Gasteiger partial charge on any atom is -0.369 e. The standard InChI is InChI=1S/C16H26N4O3/c1-16(2)11-20(7-13-5-17-12-18-6-13)8-14(23-16)9-22-10-15(21)19(3)4/h5-6,12,14H,7-11H2,1-4H3. The van der Waals surface area contributed by atoms with Gasteiger partial charge in [-0.05, 0) is 13.8 Å². The van der Waals surface area contributed by atoms with E-state index in [4.69, 9.17) is 9.47 Å². The van der Waals surface area contributed by atoms with Crippen LogP contribution in [0.2, 0.25) is 0 Å². The third kappa shape index (κ3) is 5.85. The van der Waals surface area contributed by atoms with E-state index in [1.54, 1.807) is 14.1 Å². The number of hydrogen-bond donors (Lipinski definition) is 0. The van der Waals surface area contributed by atoms with Crippen molar-refractivity contribution in [2.75, 3.05) is 40.4 Å². The zero-order valence-electron chi connectivity index (χ0n) is 14.4. The summed E-state index contributed by atoms with van der Waals surface area (Å²) in [5.41, 5.74) is 0.820. The summed E-state index contributed by atoms with van der Waals surface area (Å²) in [6, 6.07) is 0. The van der Waals surface area contributed by atoms with E-state index in [2.05, 4.69) is 28.7 Å². The second kappa shape index (κ2) is 7.81. The Morgan fingerprint density at radius 1 is 1.43 bits per heavy atom. The molecule has 0 radical (unpaired) electrons. The number of ether oxygens (including phenoxy) is 2. The monoisotopic (exact) mass is 322 g/mol. The molecule has 128 valence electrons. The van der Waals surface area contributed by atoms with Crippen molar-refractivity contribution in [1.29, 1.82) is 0 Å². The van der Waals surface area contributed by atoms with Gasteiger partial charge in [-0.1, -0.05) is 0 Å². The summed E-state index contributed by atoms with van der Waals surface area (Å²) in [5.74, 6) is -0.0432. The van der Waals surface area contributed by atoms with Crippen LogP contribution in [0.3, 0.4) is 0 Å². The molecule has 0 bridgehead atoms. The molecule has 0 spiro atoms. The lowest BCUT2D eigenvalue weighted by molar-refractivity contribution is -0.161. The minimum atomic E-state index is -0.256. The van der Waals surface area contributed by atoms with Gasteiger partial charge in [0, 0.05) is 51.7 Å². The van der Waals surface area contributed by atoms with Crippen LogP contribution in [-0.4, -0.2) is 77.8 Å². The third-order valence-electron chi connectivity index (χ3n) is 3.60. The SMILES string of the molecule is CN(C)C(=O)COCC1CN(Cc2cncnc2)CC(C)(C)O1. The van der Waals surface area contributed by atoms with Gasteiger partial charge in [0.25, 0.3) is 0 Å². The average molecular weight is 322 g/mol. The molecule has 1 fully saturated rings. The fourth-order valence-corrected chi connectivity index (χ4v) is 2.70. The third-order valence-corrected chi connectivity index (χ3v) is 3.60. The number of hydrogen-bond acceptors (Lipinski definition) is 6. The molecule has 2 heterocycles. The van der Waals surface area contributed by atoms with Crippen LogP contribution < -0.4 is 0 Å². The fraction of sp³-hybridized carbons (Fsp3) is 0.688. The van der Waals surface area contributed by atoms with Crippen LogP contribution >= 0.6 is 0 Å². The van der Waals surface area contributed by atoms with Crippen molar-refractivity contribution in [3.8, 4) is 0 Å². The largest absolute Gasteiger partial charge is 0.369 e. The Kier molecular flexibility index (Phi) is 6.04. The molecule has 1 aliphatic rings. The summed E-state index contributed by atoms with van der Waals surface area (Å²) in [6.07, 6.45) is 5.14. The van der Waals surface area contributed by atoms with Crippen molar-refractivity contribution in [3.63, 3.8) is 0 Å². The van der Waals surface area contributed by atoms with Crippen LogP contribution in [0.15, 0.2) is 18.7 Å². The van der Waals surface area contributed by atoms with E-state index < -0.39 is 0 Å². The summed E-state index contributed by atoms with van der Waals surface area (Å²) in [4.78, 5) is 23.5. The molecule has 0 aromatic carbocycles. The van der Waals surface area contributed by atoms with Gasteiger partial charge in [0.1, 0.15) is 12.9 Å². The molecule has 7 heteroatoms. The Bertz CT molecular complexity index is 507. The molecule has 0 aliphatic carbocycles. The molecular weight excluding hydrogens is 296 g/mol. The topological polar surface area (TPSA) is 67.8 Å². The lowest BCUT2D eigenvalue weighted by Gasteiger charge is -2.42. The normalized spacial score (nSPS) is 21.1. The maximum absolute atomic E-state index is 11.6. The van der Waals surface area contributed by atoms with E-state index in [-0.39, 0.29) is 24.2 Å². The Labute approximate surface area is 137 Å². The van der Waals surface area contributed by atoms with E-state index >= 15 is 0 Å². The first-order valence-electron chi connectivity index (χ1n) is 7.78. The van der Waals surface area contributed by atoms with Gasteiger partial charge in [-0.3, -0.25) is 9.69 Å². The van der Waals surface area contributed by atoms with Crippen molar-refractivity contribution in [1.82, 2.24) is 19.8 Å². The highest BCUT2D eigenvalue weighted by Gasteiger charge is 2.33. The molecular formula is C16H26N4O3. The number of rotatable bonds is 6. The number of carbonyl (C=O) groups is 1. The van der Waals surface area contributed by atoms with Crippen molar-refractivity contribution in [2.24, 2.45) is 0 Å². The molecule has 1 aliphatic heterocycles. The van der Waals surface area contributed by atoms with Gasteiger partial charge in [-0.2, -0.15) is 0 Å². The number of likely N-dealkylation sites (N-methyl/N-ethyl adjacent to an activating group) is 1. The second-order valence-corrected chi connectivity index (χ2v) is 6.72. The summed E-state index contributed by atoms with van der Waals surface area (Å²) < 4.78 is 11.6. The van der Waals surface area contributed by atoms with Gasteiger partial charge in [-0.25, -0.2) is 9.97 Å². The summed E-state index contributed by atoms with van der Waals surface area (Å²) in [6.45, 7) is 6.99. The van der Waals surface area contributed by atoms with Crippen LogP contribution in [0.25, 0.3) is 0 Å². The zero-order chi connectivity index (χ0) is 16.9. The van der Waals surface area contributed by atoms with Gasteiger partial charge in [-0.15, -0.1) is 0 Å². The lowest BCUT2D eigenvalue weighted by Crippen LogP contribution is -2.53. The first-order chi connectivity index (χ1) is 10.9. The number of aromatic nitrogens is 2. The molecule has 1 amide bonds. The molecule has 1 atom stereocenters. The van der Waals surface area contributed by atoms with Gasteiger partial charge >= 0.3 is 0 Å². The van der Waals surface area contributed by atoms with E-state index in [0.717, 1.165) is 25.2 Å². The molecule has 23 heavy (non-hydrogen) atoms. The van der Waals surface area contributed by atoms with Crippen LogP contribution in [0.4, 0.5) is 0 Å². The predicted octanol–water partition coefficient (Wildman–Crippen LogP) is 0.561. The Morgan fingerprint density at radius 2 is 2.13 bits per heavy atom. The molecule has 1 aromatic rings. The maximum Gasteiger partial charge on any atom is 0.248 e. The smallest absolute Gasteiger partial charge is 0.248 e. The second-order valence-electron chi connectivity index (χ2n) is 6.72. The van der Waals surface area contributed by atoms with Gasteiger partial charge < -0.3 is 14.4 Å². The summed E-state index contributed by atoms with van der Waals surface area (Å²) >= 11 is 0. The quantitative estimate of drug-likeness (QED) is 0.762. The van der Waals surface area contributed by atoms with Crippen molar-refractivity contribution in [2.45, 2.75) is 32.1 Å². The molecule has 1 saturated heterocycles. The van der Waals surface area contributed by atoms with Crippen molar-refractivity contribution < 1.29 is 14.3 Å². The number of nitrogens with zero attached hydrogens (tertiary/aromatic N) is 4. The summed E-state index contributed by atoms with van der Waals surface area (Å²) in [5, 5.41) is 0. The van der Waals surface area contributed by atoms with Crippen LogP contribution in [-0.2, 0) is 20.8 Å². The van der Waals surface area contributed by atoms with Gasteiger partial charge in [0.15, 0.2) is 0 Å². The Balaban J connectivity index is 1.87. The lowest BCUT2D eigenvalue weighted by atomic mass is 10.0. The van der Waals surface area contributed by atoms with E-state index in [1.165, 1.54) is 11.2 Å². The molecule has 1 aromatic heterocycles. The zero-order valence-corrected chi connectivity index (χ0v) is 14.4. The number of amides is 1. The number of morpholine rings is 1. The molecule has 7 nitrogen and oxygen atoms in total. The molecule has 2 rings (SSSR count). The van der Waals surface area contributed by atoms with E-state index in [1.807, 2.05) is 12.4 Å². The van der Waals surface area contributed by atoms with Crippen LogP contribution in [0, 0.1) is 0 Å². The molecule has 0 N–H and O–H groups in total. The maximum atomic E-state index is 11.6. The van der Waals surface area contributed by atoms with E-state index in [9.17, 15) is 4.79 Å². The van der Waals surface area contributed by atoms with Crippen LogP contribution in [0.1, 0.15) is 19.4 Å². The number of carbonyl (C=O) groups excluding carboxylic acids is 1. The fourth-order valence-electron chi connectivity index (χ4n) is 2.70. The van der Waals surface area contributed by atoms with Gasteiger partial charge in [0.05, 0.1) is 18.3 Å². The highest BCUT2D eigenvalue weighted by molar-refractivity contribution is 5.76. The minimum absolute atomic E-state index is 0.0432. The molecule has 1 unspecified atom stereocenters. The first-order valence-corrected chi connectivity index (χ1v) is 7.78. The van der Waals surface area contributed by atoms with E-state index in [0.29, 0.717) is 6.61 Å². The van der Waals surface area contributed by atoms with Crippen molar-refractivity contribution in [3.05, 3.63) is 24.3 Å². The highest BCUT2D eigenvalue weighted by Crippen LogP contribution is 2.22. The van der Waals surface area contributed by atoms with Gasteiger partial charge in [0.2, 0.25) is 5.91 Å². The van der Waals surface area contributed by atoms with Crippen LogP contribution in [0.5, 0.6) is 0 Å². The Morgan fingerprint density at radius 3 is 2.78 bits per heavy atom. The highest BCUT2D eigenvalue weighted by atomic mass is 16.5. The summed E-state index contributed by atoms with van der Waals surface area (Å²) in [7, 11) is 3.44. The first kappa shape index (κ1) is 17.8.